The molecule has 0 amide bonds. The van der Waals surface area contributed by atoms with Gasteiger partial charge in [0.05, 0.1) is 11.7 Å². The quantitative estimate of drug-likeness (QED) is 0.254. The van der Waals surface area contributed by atoms with E-state index in [2.05, 4.69) is 10.5 Å². The average Bonchev–Trinajstić information content (AvgIpc) is 2.35. The van der Waals surface area contributed by atoms with Gasteiger partial charge in [0.1, 0.15) is 6.23 Å². The SMILES string of the molecule is COC(Cc1ccccc1)NN=C(C)C(=O)[O-].[Na+]. The van der Waals surface area contributed by atoms with Crippen LogP contribution in [0, 0.1) is 0 Å². The predicted octanol–water partition coefficient (Wildman–Crippen LogP) is -3.08. The summed E-state index contributed by atoms with van der Waals surface area (Å²) in [6.45, 7) is 1.36. The molecule has 5 nitrogen and oxygen atoms in total. The molecule has 0 bridgehead atoms. The summed E-state index contributed by atoms with van der Waals surface area (Å²) in [4.78, 5) is 10.4. The molecule has 18 heavy (non-hydrogen) atoms. The number of methoxy groups -OCH3 is 1. The molecule has 1 aromatic carbocycles. The van der Waals surface area contributed by atoms with E-state index >= 15 is 0 Å². The van der Waals surface area contributed by atoms with E-state index in [-0.39, 0.29) is 41.5 Å². The van der Waals surface area contributed by atoms with Crippen molar-refractivity contribution in [3.05, 3.63) is 35.9 Å². The van der Waals surface area contributed by atoms with Gasteiger partial charge in [-0.25, -0.2) is 0 Å². The van der Waals surface area contributed by atoms with Gasteiger partial charge in [-0.3, -0.25) is 5.43 Å². The van der Waals surface area contributed by atoms with Crippen molar-refractivity contribution in [3.8, 4) is 0 Å². The van der Waals surface area contributed by atoms with Crippen molar-refractivity contribution in [3.63, 3.8) is 0 Å². The van der Waals surface area contributed by atoms with Crippen molar-refractivity contribution >= 4 is 11.7 Å². The number of hydrogen-bond donors (Lipinski definition) is 1. The minimum absolute atomic E-state index is 0. The molecule has 6 heteroatoms. The number of rotatable bonds is 6. The van der Waals surface area contributed by atoms with Gasteiger partial charge in [0.2, 0.25) is 0 Å². The van der Waals surface area contributed by atoms with E-state index in [4.69, 9.17) is 4.74 Å². The van der Waals surface area contributed by atoms with Gasteiger partial charge in [-0.2, -0.15) is 5.10 Å². The normalized spacial score (nSPS) is 12.4. The van der Waals surface area contributed by atoms with Crippen LogP contribution >= 0.6 is 0 Å². The zero-order chi connectivity index (χ0) is 12.7. The molecule has 1 N–H and O–H groups in total. The monoisotopic (exact) mass is 258 g/mol. The van der Waals surface area contributed by atoms with Gasteiger partial charge < -0.3 is 14.6 Å². The number of carbonyl (C=O) groups is 1. The molecule has 0 saturated carbocycles. The molecule has 0 aromatic heterocycles. The van der Waals surface area contributed by atoms with Gasteiger partial charge in [0, 0.05) is 13.5 Å². The molecule has 0 saturated heterocycles. The largest absolute Gasteiger partial charge is 1.00 e. The van der Waals surface area contributed by atoms with Crippen LogP contribution < -0.4 is 40.1 Å². The molecule has 0 aliphatic heterocycles. The number of carboxylic acids is 1. The minimum Gasteiger partial charge on any atom is -0.543 e. The number of carbonyl (C=O) groups excluding carboxylic acids is 1. The Morgan fingerprint density at radius 3 is 2.56 bits per heavy atom. The van der Waals surface area contributed by atoms with Crippen molar-refractivity contribution in [2.75, 3.05) is 7.11 Å². The molecule has 1 aromatic rings. The molecule has 0 aliphatic carbocycles. The number of nitrogens with zero attached hydrogens (tertiary/aromatic N) is 1. The molecule has 1 atom stereocenters. The van der Waals surface area contributed by atoms with Gasteiger partial charge in [-0.1, -0.05) is 30.3 Å². The molecule has 1 unspecified atom stereocenters. The van der Waals surface area contributed by atoms with E-state index in [1.807, 2.05) is 30.3 Å². The van der Waals surface area contributed by atoms with E-state index < -0.39 is 5.97 Å². The number of hydrazone groups is 1. The fourth-order valence-electron chi connectivity index (χ4n) is 1.22. The van der Waals surface area contributed by atoms with Crippen molar-refractivity contribution in [2.24, 2.45) is 5.10 Å². The summed E-state index contributed by atoms with van der Waals surface area (Å²) in [6.07, 6.45) is 0.230. The first-order valence-corrected chi connectivity index (χ1v) is 5.21. The van der Waals surface area contributed by atoms with Gasteiger partial charge in [-0.15, -0.1) is 0 Å². The van der Waals surface area contributed by atoms with Crippen LogP contribution in [0.5, 0.6) is 0 Å². The maximum Gasteiger partial charge on any atom is 1.00 e. The molecule has 92 valence electrons. The molecule has 0 aliphatic rings. The first kappa shape index (κ1) is 17.1. The number of hydrogen-bond acceptors (Lipinski definition) is 5. The second-order valence-electron chi connectivity index (χ2n) is 3.53. The Morgan fingerprint density at radius 2 is 2.06 bits per heavy atom. The van der Waals surface area contributed by atoms with Crippen LogP contribution in [0.4, 0.5) is 0 Å². The topological polar surface area (TPSA) is 73.8 Å². The van der Waals surface area contributed by atoms with Gasteiger partial charge in [0.25, 0.3) is 0 Å². The van der Waals surface area contributed by atoms with E-state index in [0.29, 0.717) is 6.42 Å². The number of ether oxygens (including phenoxy) is 1. The van der Waals surface area contributed by atoms with E-state index in [1.54, 1.807) is 0 Å². The first-order valence-electron chi connectivity index (χ1n) is 5.21. The fourth-order valence-corrected chi connectivity index (χ4v) is 1.22. The van der Waals surface area contributed by atoms with Gasteiger partial charge >= 0.3 is 29.6 Å². The standard InChI is InChI=1S/C12H16N2O3.Na/c1-9(12(15)16)13-14-11(17-2)8-10-6-4-3-5-7-10;/h3-7,11,14H,8H2,1-2H3,(H,15,16);/q;+1/p-1. The summed E-state index contributed by atoms with van der Waals surface area (Å²) < 4.78 is 5.15. The van der Waals surface area contributed by atoms with Crippen molar-refractivity contribution < 1.29 is 44.2 Å². The maximum absolute atomic E-state index is 10.4. The second-order valence-corrected chi connectivity index (χ2v) is 3.53. The van der Waals surface area contributed by atoms with Crippen molar-refractivity contribution in [1.29, 1.82) is 0 Å². The zero-order valence-corrected chi connectivity index (χ0v) is 12.8. The Hall–Kier alpha value is -0.880. The third kappa shape index (κ3) is 6.16. The number of benzene rings is 1. The summed E-state index contributed by atoms with van der Waals surface area (Å²) in [5.41, 5.74) is 3.61. The van der Waals surface area contributed by atoms with Crippen LogP contribution in [0.3, 0.4) is 0 Å². The molecular weight excluding hydrogens is 243 g/mol. The van der Waals surface area contributed by atoms with Crippen LogP contribution in [0.25, 0.3) is 0 Å². The Labute approximate surface area is 129 Å². The zero-order valence-electron chi connectivity index (χ0n) is 10.8. The van der Waals surface area contributed by atoms with E-state index in [9.17, 15) is 9.90 Å². The van der Waals surface area contributed by atoms with Gasteiger partial charge in [0.15, 0.2) is 0 Å². The van der Waals surface area contributed by atoms with Gasteiger partial charge in [-0.05, 0) is 12.5 Å². The van der Waals surface area contributed by atoms with Crippen LogP contribution in [0.2, 0.25) is 0 Å². The summed E-state index contributed by atoms with van der Waals surface area (Å²) >= 11 is 0. The fraction of sp³-hybridized carbons (Fsp3) is 0.333. The van der Waals surface area contributed by atoms with Crippen LogP contribution in [0.15, 0.2) is 35.4 Å². The van der Waals surface area contributed by atoms with Crippen LogP contribution in [-0.4, -0.2) is 25.0 Å². The Bertz CT molecular complexity index is 396. The third-order valence-corrected chi connectivity index (χ3v) is 2.22. The van der Waals surface area contributed by atoms with E-state index in [1.165, 1.54) is 14.0 Å². The number of carboxylic acid groups (broad SMARTS) is 1. The minimum atomic E-state index is -1.30. The van der Waals surface area contributed by atoms with Crippen molar-refractivity contribution in [2.45, 2.75) is 19.6 Å². The Morgan fingerprint density at radius 1 is 1.44 bits per heavy atom. The molecule has 0 radical (unpaired) electrons. The second kappa shape index (κ2) is 9.10. The average molecular weight is 258 g/mol. The predicted molar refractivity (Wildman–Crippen MR) is 62.2 cm³/mol. The molecule has 0 spiro atoms. The summed E-state index contributed by atoms with van der Waals surface area (Å²) in [7, 11) is 1.53. The van der Waals surface area contributed by atoms with E-state index in [0.717, 1.165) is 5.56 Å². The maximum atomic E-state index is 10.4. The van der Waals surface area contributed by atoms with Crippen LogP contribution in [-0.2, 0) is 16.0 Å². The smallest absolute Gasteiger partial charge is 0.543 e. The Balaban J connectivity index is 0.00000289. The first-order chi connectivity index (χ1) is 8.13. The third-order valence-electron chi connectivity index (χ3n) is 2.22. The Kier molecular flexibility index (Phi) is 8.66. The molecule has 0 fully saturated rings. The van der Waals surface area contributed by atoms with Crippen LogP contribution in [0.1, 0.15) is 12.5 Å². The molecule has 1 rings (SSSR count). The number of aliphatic carboxylic acids is 1. The summed E-state index contributed by atoms with van der Waals surface area (Å²) in [5.74, 6) is -1.30. The molecular formula is C12H15N2NaO3. The van der Waals surface area contributed by atoms with Crippen molar-refractivity contribution in [1.82, 2.24) is 5.43 Å². The number of nitrogens with one attached hydrogen (secondary N) is 1. The molecule has 0 heterocycles. The summed E-state index contributed by atoms with van der Waals surface area (Å²) in [5, 5.41) is 14.1. The summed E-state index contributed by atoms with van der Waals surface area (Å²) in [6, 6.07) is 9.71.